The fraction of sp³-hybridized carbons (Fsp3) is 0.250. The maximum absolute atomic E-state index is 13.6. The molecule has 0 saturated carbocycles. The molecule has 2 unspecified atom stereocenters. The Balaban J connectivity index is 2.88. The summed E-state index contributed by atoms with van der Waals surface area (Å²) in [6.07, 6.45) is -11.6. The van der Waals surface area contributed by atoms with Crippen LogP contribution in [0, 0.1) is 0 Å². The number of aliphatic hydroxyl groups is 2. The number of benzene rings is 2. The van der Waals surface area contributed by atoms with Crippen molar-refractivity contribution in [3.8, 4) is 0 Å². The molecular formula is C16H12F6O2. The molecule has 0 bridgehead atoms. The molecule has 0 spiro atoms. The lowest BCUT2D eigenvalue weighted by Crippen LogP contribution is -2.65. The summed E-state index contributed by atoms with van der Waals surface area (Å²) in [5, 5.41) is 20.5. The molecule has 0 aliphatic carbocycles. The van der Waals surface area contributed by atoms with Crippen molar-refractivity contribution in [2.24, 2.45) is 0 Å². The summed E-state index contributed by atoms with van der Waals surface area (Å²) in [7, 11) is 0. The highest BCUT2D eigenvalue weighted by atomic mass is 19.4. The maximum atomic E-state index is 13.6. The minimum atomic E-state index is -5.81. The molecule has 2 atom stereocenters. The number of rotatable bonds is 3. The van der Waals surface area contributed by atoms with Crippen molar-refractivity contribution in [1.29, 1.82) is 0 Å². The topological polar surface area (TPSA) is 40.5 Å². The van der Waals surface area contributed by atoms with Crippen LogP contribution in [0.2, 0.25) is 0 Å². The second kappa shape index (κ2) is 5.78. The molecule has 24 heavy (non-hydrogen) atoms. The van der Waals surface area contributed by atoms with Crippen LogP contribution in [0.5, 0.6) is 0 Å². The molecule has 0 aromatic heterocycles. The third-order valence-corrected chi connectivity index (χ3v) is 3.73. The van der Waals surface area contributed by atoms with Crippen molar-refractivity contribution >= 4 is 0 Å². The summed E-state index contributed by atoms with van der Waals surface area (Å²) < 4.78 is 81.5. The highest BCUT2D eigenvalue weighted by molar-refractivity contribution is 5.37. The summed E-state index contributed by atoms with van der Waals surface area (Å²) in [5.41, 5.74) is -11.4. The Hall–Kier alpha value is -2.06. The van der Waals surface area contributed by atoms with Gasteiger partial charge in [-0.05, 0) is 11.1 Å². The Kier molecular flexibility index (Phi) is 4.41. The van der Waals surface area contributed by atoms with Crippen molar-refractivity contribution < 1.29 is 36.6 Å². The van der Waals surface area contributed by atoms with Gasteiger partial charge in [0.05, 0.1) is 0 Å². The molecule has 0 amide bonds. The van der Waals surface area contributed by atoms with Crippen LogP contribution < -0.4 is 0 Å². The first-order valence-corrected chi connectivity index (χ1v) is 6.65. The van der Waals surface area contributed by atoms with Gasteiger partial charge in [0, 0.05) is 0 Å². The van der Waals surface area contributed by atoms with Crippen molar-refractivity contribution in [2.45, 2.75) is 23.6 Å². The fourth-order valence-electron chi connectivity index (χ4n) is 2.51. The van der Waals surface area contributed by atoms with Crippen LogP contribution in [-0.2, 0) is 11.2 Å². The number of alkyl halides is 6. The van der Waals surface area contributed by atoms with Gasteiger partial charge in [0.2, 0.25) is 11.2 Å². The van der Waals surface area contributed by atoms with Crippen molar-refractivity contribution in [2.75, 3.05) is 0 Å². The van der Waals surface area contributed by atoms with Gasteiger partial charge in [-0.3, -0.25) is 0 Å². The lowest BCUT2D eigenvalue weighted by Gasteiger charge is -2.45. The number of hydrogen-bond donors (Lipinski definition) is 2. The van der Waals surface area contributed by atoms with Crippen LogP contribution in [0.15, 0.2) is 60.7 Å². The monoisotopic (exact) mass is 350 g/mol. The van der Waals surface area contributed by atoms with Crippen LogP contribution >= 0.6 is 0 Å². The van der Waals surface area contributed by atoms with Gasteiger partial charge in [-0.15, -0.1) is 0 Å². The van der Waals surface area contributed by atoms with Crippen molar-refractivity contribution in [1.82, 2.24) is 0 Å². The van der Waals surface area contributed by atoms with Crippen LogP contribution in [0.25, 0.3) is 0 Å². The molecule has 0 heterocycles. The van der Waals surface area contributed by atoms with E-state index in [2.05, 4.69) is 0 Å². The smallest absolute Gasteiger partial charge is 0.374 e. The fourth-order valence-corrected chi connectivity index (χ4v) is 2.51. The summed E-state index contributed by atoms with van der Waals surface area (Å²) >= 11 is 0. The van der Waals surface area contributed by atoms with Crippen molar-refractivity contribution in [3.63, 3.8) is 0 Å². The van der Waals surface area contributed by atoms with E-state index in [0.29, 0.717) is 24.3 Å². The molecule has 0 radical (unpaired) electrons. The van der Waals surface area contributed by atoms with Crippen LogP contribution in [0.4, 0.5) is 26.3 Å². The van der Waals surface area contributed by atoms with Gasteiger partial charge in [-0.1, -0.05) is 60.7 Å². The van der Waals surface area contributed by atoms with Crippen LogP contribution in [0.1, 0.15) is 11.1 Å². The maximum Gasteiger partial charge on any atom is 0.425 e. The minimum Gasteiger partial charge on any atom is -0.374 e. The molecule has 0 fully saturated rings. The first kappa shape index (κ1) is 18.3. The number of halogens is 6. The Morgan fingerprint density at radius 2 is 0.750 bits per heavy atom. The minimum absolute atomic E-state index is 0.674. The molecule has 0 saturated heterocycles. The highest BCUT2D eigenvalue weighted by Gasteiger charge is 2.77. The second-order valence-electron chi connectivity index (χ2n) is 5.15. The van der Waals surface area contributed by atoms with Gasteiger partial charge >= 0.3 is 12.4 Å². The van der Waals surface area contributed by atoms with E-state index < -0.39 is 34.7 Å². The van der Waals surface area contributed by atoms with E-state index in [1.165, 1.54) is 12.1 Å². The van der Waals surface area contributed by atoms with Gasteiger partial charge in [-0.2, -0.15) is 26.3 Å². The molecule has 8 heteroatoms. The predicted octanol–water partition coefficient (Wildman–Crippen LogP) is 3.89. The van der Waals surface area contributed by atoms with E-state index >= 15 is 0 Å². The van der Waals surface area contributed by atoms with Gasteiger partial charge in [0.25, 0.3) is 0 Å². The highest BCUT2D eigenvalue weighted by Crippen LogP contribution is 2.57. The van der Waals surface area contributed by atoms with E-state index in [4.69, 9.17) is 0 Å². The summed E-state index contributed by atoms with van der Waals surface area (Å²) in [6.45, 7) is 0. The summed E-state index contributed by atoms with van der Waals surface area (Å²) in [4.78, 5) is 0. The SMILES string of the molecule is OC(c1ccccc1)(C(F)(F)F)C(O)(c1ccccc1)C(F)(F)F. The lowest BCUT2D eigenvalue weighted by molar-refractivity contribution is -0.399. The normalized spacial score (nSPS) is 17.8. The van der Waals surface area contributed by atoms with Crippen LogP contribution in [0.3, 0.4) is 0 Å². The summed E-state index contributed by atoms with van der Waals surface area (Å²) in [5.74, 6) is 0. The third kappa shape index (κ3) is 2.55. The average Bonchev–Trinajstić information content (AvgIpc) is 2.52. The lowest BCUT2D eigenvalue weighted by atomic mass is 9.72. The number of hydrogen-bond acceptors (Lipinski definition) is 2. The zero-order valence-electron chi connectivity index (χ0n) is 11.9. The Bertz CT molecular complexity index is 622. The molecule has 0 aliphatic heterocycles. The van der Waals surface area contributed by atoms with E-state index in [1.807, 2.05) is 0 Å². The standard InChI is InChI=1S/C16H12F6O2/c17-15(18,19)13(23,11-7-3-1-4-8-11)14(24,16(20,21)22)12-9-5-2-6-10-12/h1-10,23-24H. The van der Waals surface area contributed by atoms with E-state index in [-0.39, 0.29) is 0 Å². The molecule has 2 N–H and O–H groups in total. The first-order valence-electron chi connectivity index (χ1n) is 6.65. The first-order chi connectivity index (χ1) is 11.0. The van der Waals surface area contributed by atoms with Gasteiger partial charge in [0.1, 0.15) is 0 Å². The van der Waals surface area contributed by atoms with E-state index in [1.54, 1.807) is 0 Å². The van der Waals surface area contributed by atoms with Gasteiger partial charge in [-0.25, -0.2) is 0 Å². The molecule has 2 aromatic rings. The van der Waals surface area contributed by atoms with E-state index in [0.717, 1.165) is 24.3 Å². The quantitative estimate of drug-likeness (QED) is 0.825. The Morgan fingerprint density at radius 3 is 0.958 bits per heavy atom. The molecule has 0 aliphatic rings. The Labute approximate surface area is 133 Å². The second-order valence-corrected chi connectivity index (χ2v) is 5.15. The van der Waals surface area contributed by atoms with E-state index in [9.17, 15) is 36.6 Å². The average molecular weight is 350 g/mol. The molecule has 2 rings (SSSR count). The zero-order chi connectivity index (χ0) is 18.2. The Morgan fingerprint density at radius 1 is 0.500 bits per heavy atom. The van der Waals surface area contributed by atoms with Gasteiger partial charge < -0.3 is 10.2 Å². The molecule has 130 valence electrons. The summed E-state index contributed by atoms with van der Waals surface area (Å²) in [6, 6.07) is 9.38. The van der Waals surface area contributed by atoms with Gasteiger partial charge in [0.15, 0.2) is 0 Å². The molecular weight excluding hydrogens is 338 g/mol. The predicted molar refractivity (Wildman–Crippen MR) is 72.8 cm³/mol. The van der Waals surface area contributed by atoms with Crippen molar-refractivity contribution in [3.05, 3.63) is 71.8 Å². The van der Waals surface area contributed by atoms with Crippen LogP contribution in [-0.4, -0.2) is 22.6 Å². The zero-order valence-corrected chi connectivity index (χ0v) is 11.9. The largest absolute Gasteiger partial charge is 0.425 e. The third-order valence-electron chi connectivity index (χ3n) is 3.73. The molecule has 2 nitrogen and oxygen atoms in total. The molecule has 2 aromatic carbocycles.